The van der Waals surface area contributed by atoms with Crippen LogP contribution in [0.2, 0.25) is 0 Å². The number of aliphatic carboxylic acids is 1. The average Bonchev–Trinajstić information content (AvgIpc) is 2.69. The summed E-state index contributed by atoms with van der Waals surface area (Å²) in [6.45, 7) is 1.92. The predicted octanol–water partition coefficient (Wildman–Crippen LogP) is 2.18. The Balaban J connectivity index is 2.26. The van der Waals surface area contributed by atoms with Crippen LogP contribution in [0.1, 0.15) is 37.1 Å². The minimum absolute atomic E-state index is 0.00247. The van der Waals surface area contributed by atoms with Crippen molar-refractivity contribution in [2.45, 2.75) is 32.2 Å². The molecule has 0 aromatic carbocycles. The van der Waals surface area contributed by atoms with Crippen molar-refractivity contribution in [2.75, 3.05) is 0 Å². The molecule has 0 aliphatic carbocycles. The summed E-state index contributed by atoms with van der Waals surface area (Å²) >= 11 is 1.59. The van der Waals surface area contributed by atoms with Gasteiger partial charge in [-0.05, 0) is 24.8 Å². The van der Waals surface area contributed by atoms with E-state index in [1.165, 1.54) is 0 Å². The van der Waals surface area contributed by atoms with Crippen LogP contribution < -0.4 is 5.32 Å². The number of thiophene rings is 1. The lowest BCUT2D eigenvalue weighted by Crippen LogP contribution is -2.25. The first-order valence-corrected chi connectivity index (χ1v) is 6.02. The lowest BCUT2D eigenvalue weighted by Gasteiger charge is -2.11. The zero-order chi connectivity index (χ0) is 12.0. The highest BCUT2D eigenvalue weighted by molar-refractivity contribution is 7.10. The van der Waals surface area contributed by atoms with E-state index in [9.17, 15) is 9.59 Å². The van der Waals surface area contributed by atoms with Gasteiger partial charge in [0.05, 0.1) is 6.04 Å². The van der Waals surface area contributed by atoms with Crippen molar-refractivity contribution in [3.05, 3.63) is 22.4 Å². The maximum Gasteiger partial charge on any atom is 0.303 e. The molecule has 1 heterocycles. The summed E-state index contributed by atoms with van der Waals surface area (Å²) in [7, 11) is 0. The topological polar surface area (TPSA) is 66.4 Å². The van der Waals surface area contributed by atoms with Crippen LogP contribution >= 0.6 is 11.3 Å². The number of hydrogen-bond acceptors (Lipinski definition) is 3. The molecule has 0 saturated heterocycles. The summed E-state index contributed by atoms with van der Waals surface area (Å²) in [5, 5.41) is 13.2. The SMILES string of the molecule is CC(NC(=O)CCCC(=O)O)c1cccs1. The fraction of sp³-hybridized carbons (Fsp3) is 0.455. The fourth-order valence-electron chi connectivity index (χ4n) is 1.32. The van der Waals surface area contributed by atoms with Crippen LogP contribution in [-0.4, -0.2) is 17.0 Å². The van der Waals surface area contributed by atoms with Gasteiger partial charge in [-0.1, -0.05) is 6.07 Å². The summed E-state index contributed by atoms with van der Waals surface area (Å²) in [5.74, 6) is -0.957. The zero-order valence-corrected chi connectivity index (χ0v) is 9.92. The number of carbonyl (C=O) groups excluding carboxylic acids is 1. The van der Waals surface area contributed by atoms with Gasteiger partial charge in [-0.2, -0.15) is 0 Å². The van der Waals surface area contributed by atoms with Gasteiger partial charge in [-0.25, -0.2) is 0 Å². The van der Waals surface area contributed by atoms with Crippen LogP contribution in [0.15, 0.2) is 17.5 Å². The van der Waals surface area contributed by atoms with Crippen molar-refractivity contribution in [2.24, 2.45) is 0 Å². The molecule has 1 unspecified atom stereocenters. The van der Waals surface area contributed by atoms with Crippen molar-refractivity contribution >= 4 is 23.2 Å². The van der Waals surface area contributed by atoms with Gasteiger partial charge in [0, 0.05) is 17.7 Å². The van der Waals surface area contributed by atoms with Crippen LogP contribution in [0.4, 0.5) is 0 Å². The Kier molecular flexibility index (Phi) is 4.98. The molecule has 16 heavy (non-hydrogen) atoms. The molecule has 1 aromatic rings. The van der Waals surface area contributed by atoms with Crippen molar-refractivity contribution in [3.63, 3.8) is 0 Å². The van der Waals surface area contributed by atoms with Gasteiger partial charge in [-0.3, -0.25) is 9.59 Å². The predicted molar refractivity (Wildman–Crippen MR) is 62.4 cm³/mol. The Morgan fingerprint density at radius 3 is 2.81 bits per heavy atom. The molecule has 0 fully saturated rings. The van der Waals surface area contributed by atoms with E-state index >= 15 is 0 Å². The molecule has 0 spiro atoms. The second-order valence-electron chi connectivity index (χ2n) is 3.55. The molecule has 1 atom stereocenters. The van der Waals surface area contributed by atoms with E-state index in [1.807, 2.05) is 24.4 Å². The number of carboxylic acid groups (broad SMARTS) is 1. The van der Waals surface area contributed by atoms with Gasteiger partial charge in [0.2, 0.25) is 5.91 Å². The first kappa shape index (κ1) is 12.7. The number of rotatable bonds is 6. The van der Waals surface area contributed by atoms with E-state index in [1.54, 1.807) is 11.3 Å². The minimum atomic E-state index is -0.862. The zero-order valence-electron chi connectivity index (χ0n) is 9.10. The molecule has 0 aliphatic heterocycles. The van der Waals surface area contributed by atoms with E-state index in [0.717, 1.165) is 4.88 Å². The highest BCUT2D eigenvalue weighted by Gasteiger charge is 2.10. The molecule has 0 saturated carbocycles. The molecule has 1 amide bonds. The highest BCUT2D eigenvalue weighted by Crippen LogP contribution is 2.18. The van der Waals surface area contributed by atoms with Gasteiger partial charge < -0.3 is 10.4 Å². The Morgan fingerprint density at radius 2 is 2.25 bits per heavy atom. The van der Waals surface area contributed by atoms with Crippen molar-refractivity contribution in [1.82, 2.24) is 5.32 Å². The van der Waals surface area contributed by atoms with Crippen LogP contribution in [0.25, 0.3) is 0 Å². The Labute approximate surface area is 98.3 Å². The maximum atomic E-state index is 11.4. The largest absolute Gasteiger partial charge is 0.481 e. The standard InChI is InChI=1S/C11H15NO3S/c1-8(9-4-3-7-16-9)12-10(13)5-2-6-11(14)15/h3-4,7-8H,2,5-6H2,1H3,(H,12,13)(H,14,15). The lowest BCUT2D eigenvalue weighted by atomic mass is 10.2. The number of nitrogens with one attached hydrogen (secondary N) is 1. The Hall–Kier alpha value is -1.36. The molecule has 88 valence electrons. The molecule has 0 aliphatic rings. The third kappa shape index (κ3) is 4.44. The third-order valence-electron chi connectivity index (χ3n) is 2.14. The number of hydrogen-bond donors (Lipinski definition) is 2. The van der Waals surface area contributed by atoms with E-state index in [0.29, 0.717) is 6.42 Å². The Morgan fingerprint density at radius 1 is 1.50 bits per heavy atom. The molecule has 5 heteroatoms. The second kappa shape index (κ2) is 6.27. The van der Waals surface area contributed by atoms with Crippen molar-refractivity contribution < 1.29 is 14.7 Å². The Bertz CT molecular complexity index is 348. The van der Waals surface area contributed by atoms with Gasteiger partial charge in [0.1, 0.15) is 0 Å². The summed E-state index contributed by atoms with van der Waals surface area (Å²) in [4.78, 5) is 22.8. The van der Waals surface area contributed by atoms with Gasteiger partial charge in [-0.15, -0.1) is 11.3 Å². The molecule has 4 nitrogen and oxygen atoms in total. The normalized spacial score (nSPS) is 12.1. The first-order chi connectivity index (χ1) is 7.59. The van der Waals surface area contributed by atoms with Gasteiger partial charge in [0.25, 0.3) is 0 Å². The van der Waals surface area contributed by atoms with Crippen molar-refractivity contribution in [1.29, 1.82) is 0 Å². The average molecular weight is 241 g/mol. The molecule has 1 aromatic heterocycles. The molecular formula is C11H15NO3S. The third-order valence-corrected chi connectivity index (χ3v) is 3.20. The van der Waals surface area contributed by atoms with E-state index in [4.69, 9.17) is 5.11 Å². The molecule has 1 rings (SSSR count). The monoisotopic (exact) mass is 241 g/mol. The maximum absolute atomic E-state index is 11.4. The number of amides is 1. The minimum Gasteiger partial charge on any atom is -0.481 e. The van der Waals surface area contributed by atoms with E-state index in [2.05, 4.69) is 5.32 Å². The fourth-order valence-corrected chi connectivity index (χ4v) is 2.06. The van der Waals surface area contributed by atoms with Gasteiger partial charge >= 0.3 is 5.97 Å². The summed E-state index contributed by atoms with van der Waals surface area (Å²) in [6.07, 6.45) is 0.696. The molecule has 0 radical (unpaired) electrons. The second-order valence-corrected chi connectivity index (χ2v) is 4.53. The summed E-state index contributed by atoms with van der Waals surface area (Å²) < 4.78 is 0. The number of carbonyl (C=O) groups is 2. The smallest absolute Gasteiger partial charge is 0.303 e. The number of carboxylic acids is 1. The van der Waals surface area contributed by atoms with Crippen LogP contribution in [-0.2, 0) is 9.59 Å². The quantitative estimate of drug-likeness (QED) is 0.802. The summed E-state index contributed by atoms with van der Waals surface area (Å²) in [6, 6.07) is 3.90. The van der Waals surface area contributed by atoms with Crippen LogP contribution in [0.5, 0.6) is 0 Å². The van der Waals surface area contributed by atoms with Gasteiger partial charge in [0.15, 0.2) is 0 Å². The molecule has 2 N–H and O–H groups in total. The molecular weight excluding hydrogens is 226 g/mol. The van der Waals surface area contributed by atoms with E-state index < -0.39 is 5.97 Å². The molecule has 0 bridgehead atoms. The lowest BCUT2D eigenvalue weighted by molar-refractivity contribution is -0.137. The van der Waals surface area contributed by atoms with Crippen molar-refractivity contribution in [3.8, 4) is 0 Å². The van der Waals surface area contributed by atoms with Crippen LogP contribution in [0, 0.1) is 0 Å². The first-order valence-electron chi connectivity index (χ1n) is 5.14. The highest BCUT2D eigenvalue weighted by atomic mass is 32.1. The van der Waals surface area contributed by atoms with Crippen LogP contribution in [0.3, 0.4) is 0 Å². The summed E-state index contributed by atoms with van der Waals surface area (Å²) in [5.41, 5.74) is 0. The van der Waals surface area contributed by atoms with E-state index in [-0.39, 0.29) is 24.8 Å².